The molecular formula is C19H30N4O3S. The summed E-state index contributed by atoms with van der Waals surface area (Å²) in [6, 6.07) is 8.21. The Morgan fingerprint density at radius 1 is 1.22 bits per heavy atom. The van der Waals surface area contributed by atoms with Gasteiger partial charge in [0, 0.05) is 37.9 Å². The van der Waals surface area contributed by atoms with Crippen molar-refractivity contribution in [2.24, 2.45) is 11.7 Å². The van der Waals surface area contributed by atoms with Crippen LogP contribution in [0.15, 0.2) is 24.3 Å². The largest absolute Gasteiger partial charge is 0.369 e. The molecule has 8 heteroatoms. The van der Waals surface area contributed by atoms with Gasteiger partial charge in [0.15, 0.2) is 0 Å². The van der Waals surface area contributed by atoms with Gasteiger partial charge in [-0.05, 0) is 49.9 Å². The third kappa shape index (κ3) is 5.00. The molecule has 2 unspecified atom stereocenters. The van der Waals surface area contributed by atoms with E-state index >= 15 is 0 Å². The number of piperazine rings is 1. The molecule has 1 aliphatic heterocycles. The van der Waals surface area contributed by atoms with Gasteiger partial charge in [-0.25, -0.2) is 8.42 Å². The fraction of sp³-hybridized carbons (Fsp3) is 0.632. The van der Waals surface area contributed by atoms with Crippen LogP contribution in [0, 0.1) is 12.8 Å². The van der Waals surface area contributed by atoms with Crippen molar-refractivity contribution in [2.45, 2.75) is 32.2 Å². The third-order valence-corrected chi connectivity index (χ3v) is 7.40. The summed E-state index contributed by atoms with van der Waals surface area (Å²) < 4.78 is 26.7. The van der Waals surface area contributed by atoms with Crippen LogP contribution in [0.2, 0.25) is 0 Å². The van der Waals surface area contributed by atoms with Gasteiger partial charge in [-0.3, -0.25) is 4.79 Å². The molecule has 1 heterocycles. The van der Waals surface area contributed by atoms with Crippen LogP contribution in [0.4, 0.5) is 5.69 Å². The first-order valence-electron chi connectivity index (χ1n) is 9.68. The van der Waals surface area contributed by atoms with Gasteiger partial charge >= 0.3 is 0 Å². The van der Waals surface area contributed by atoms with E-state index in [-0.39, 0.29) is 12.0 Å². The van der Waals surface area contributed by atoms with Crippen molar-refractivity contribution in [1.82, 2.24) is 9.62 Å². The van der Waals surface area contributed by atoms with E-state index in [4.69, 9.17) is 5.73 Å². The monoisotopic (exact) mass is 394 g/mol. The van der Waals surface area contributed by atoms with Crippen LogP contribution in [0.25, 0.3) is 0 Å². The molecule has 2 aliphatic rings. The van der Waals surface area contributed by atoms with Gasteiger partial charge in [-0.15, -0.1) is 0 Å². The van der Waals surface area contributed by atoms with E-state index in [1.54, 1.807) is 0 Å². The van der Waals surface area contributed by atoms with E-state index < -0.39 is 21.7 Å². The second-order valence-electron chi connectivity index (χ2n) is 7.58. The second kappa shape index (κ2) is 8.58. The Bertz CT molecular complexity index is 760. The quantitative estimate of drug-likeness (QED) is 0.740. The maximum atomic E-state index is 12.6. The summed E-state index contributed by atoms with van der Waals surface area (Å²) in [7, 11) is -3.60. The zero-order valence-corrected chi connectivity index (χ0v) is 16.7. The summed E-state index contributed by atoms with van der Waals surface area (Å²) in [6.07, 6.45) is 2.90. The molecule has 1 aromatic carbocycles. The van der Waals surface area contributed by atoms with Crippen molar-refractivity contribution < 1.29 is 13.2 Å². The molecule has 3 rings (SSSR count). The van der Waals surface area contributed by atoms with E-state index in [1.807, 2.05) is 25.1 Å². The predicted molar refractivity (Wildman–Crippen MR) is 107 cm³/mol. The van der Waals surface area contributed by atoms with E-state index in [1.165, 1.54) is 9.87 Å². The number of nitrogens with two attached hydrogens (primary N) is 1. The summed E-state index contributed by atoms with van der Waals surface area (Å²) in [5.74, 6) is -0.637. The first kappa shape index (κ1) is 20.1. The lowest BCUT2D eigenvalue weighted by Gasteiger charge is -2.35. The number of aryl methyl sites for hydroxylation is 1. The molecule has 0 aromatic heterocycles. The number of nitrogens with zero attached hydrogens (tertiary/aromatic N) is 2. The van der Waals surface area contributed by atoms with Crippen molar-refractivity contribution in [2.75, 3.05) is 43.4 Å². The van der Waals surface area contributed by atoms with Crippen molar-refractivity contribution in [3.8, 4) is 0 Å². The highest BCUT2D eigenvalue weighted by Crippen LogP contribution is 2.24. The van der Waals surface area contributed by atoms with Crippen molar-refractivity contribution >= 4 is 21.6 Å². The minimum atomic E-state index is -3.60. The van der Waals surface area contributed by atoms with Gasteiger partial charge in [0.1, 0.15) is 5.75 Å². The Hall–Kier alpha value is -1.64. The zero-order valence-electron chi connectivity index (χ0n) is 15.9. The molecule has 1 saturated heterocycles. The Balaban J connectivity index is 1.53. The second-order valence-corrected chi connectivity index (χ2v) is 9.55. The molecular weight excluding hydrogens is 364 g/mol. The number of sulfonamides is 1. The van der Waals surface area contributed by atoms with Gasteiger partial charge in [0.05, 0.1) is 0 Å². The van der Waals surface area contributed by atoms with Crippen LogP contribution in [-0.4, -0.2) is 63.1 Å². The standard InChI is InChI=1S/C19H30N4O3S/c1-15-4-2-6-17(12-15)22-8-10-23(11-9-22)27(25,26)14-19(24)21-18-7-3-5-16(18)13-20/h2,4,6,12,16,18H,3,5,7-11,13-14,20H2,1H3,(H,21,24). The normalized spacial score (nSPS) is 24.1. The number of amides is 1. The summed E-state index contributed by atoms with van der Waals surface area (Å²) in [5.41, 5.74) is 8.02. The Labute approximate surface area is 161 Å². The molecule has 1 aromatic rings. The average Bonchev–Trinajstić information content (AvgIpc) is 3.08. The van der Waals surface area contributed by atoms with Crippen LogP contribution in [-0.2, 0) is 14.8 Å². The van der Waals surface area contributed by atoms with E-state index in [0.29, 0.717) is 32.7 Å². The fourth-order valence-electron chi connectivity index (χ4n) is 4.06. The van der Waals surface area contributed by atoms with Crippen LogP contribution < -0.4 is 16.0 Å². The lowest BCUT2D eigenvalue weighted by Crippen LogP contribution is -2.51. The average molecular weight is 395 g/mol. The highest BCUT2D eigenvalue weighted by Gasteiger charge is 2.32. The number of nitrogens with one attached hydrogen (secondary N) is 1. The molecule has 27 heavy (non-hydrogen) atoms. The number of benzene rings is 1. The van der Waals surface area contributed by atoms with Crippen LogP contribution >= 0.6 is 0 Å². The Morgan fingerprint density at radius 3 is 2.63 bits per heavy atom. The summed E-state index contributed by atoms with van der Waals surface area (Å²) >= 11 is 0. The number of rotatable bonds is 6. The zero-order chi connectivity index (χ0) is 19.4. The van der Waals surface area contributed by atoms with E-state index in [0.717, 1.165) is 24.9 Å². The molecule has 1 aliphatic carbocycles. The molecule has 1 amide bonds. The fourth-order valence-corrected chi connectivity index (χ4v) is 5.38. The molecule has 0 spiro atoms. The van der Waals surface area contributed by atoms with Crippen LogP contribution in [0.5, 0.6) is 0 Å². The van der Waals surface area contributed by atoms with Gasteiger partial charge in [0.25, 0.3) is 0 Å². The lowest BCUT2D eigenvalue weighted by atomic mass is 10.0. The Morgan fingerprint density at radius 2 is 1.96 bits per heavy atom. The van der Waals surface area contributed by atoms with Crippen LogP contribution in [0.1, 0.15) is 24.8 Å². The lowest BCUT2D eigenvalue weighted by molar-refractivity contribution is -0.119. The maximum Gasteiger partial charge on any atom is 0.236 e. The summed E-state index contributed by atoms with van der Waals surface area (Å²) in [5, 5.41) is 2.88. The molecule has 2 atom stereocenters. The van der Waals surface area contributed by atoms with Crippen molar-refractivity contribution in [3.63, 3.8) is 0 Å². The van der Waals surface area contributed by atoms with Crippen molar-refractivity contribution in [1.29, 1.82) is 0 Å². The molecule has 7 nitrogen and oxygen atoms in total. The molecule has 2 fully saturated rings. The SMILES string of the molecule is Cc1cccc(N2CCN(S(=O)(=O)CC(=O)NC3CCCC3CN)CC2)c1. The minimum Gasteiger partial charge on any atom is -0.369 e. The highest BCUT2D eigenvalue weighted by atomic mass is 32.2. The smallest absolute Gasteiger partial charge is 0.236 e. The topological polar surface area (TPSA) is 95.7 Å². The summed E-state index contributed by atoms with van der Waals surface area (Å²) in [6.45, 7) is 4.63. The predicted octanol–water partition coefficient (Wildman–Crippen LogP) is 0.690. The van der Waals surface area contributed by atoms with Gasteiger partial charge in [-0.1, -0.05) is 18.6 Å². The molecule has 1 saturated carbocycles. The molecule has 0 radical (unpaired) electrons. The van der Waals surface area contributed by atoms with E-state index in [2.05, 4.69) is 16.3 Å². The summed E-state index contributed by atoms with van der Waals surface area (Å²) in [4.78, 5) is 14.5. The molecule has 150 valence electrons. The van der Waals surface area contributed by atoms with Crippen LogP contribution in [0.3, 0.4) is 0 Å². The highest BCUT2D eigenvalue weighted by molar-refractivity contribution is 7.89. The first-order valence-corrected chi connectivity index (χ1v) is 11.3. The molecule has 3 N–H and O–H groups in total. The maximum absolute atomic E-state index is 12.6. The number of carbonyl (C=O) groups is 1. The first-order chi connectivity index (χ1) is 12.9. The van der Waals surface area contributed by atoms with Gasteiger partial charge in [0.2, 0.25) is 15.9 Å². The minimum absolute atomic E-state index is 0.0101. The van der Waals surface area contributed by atoms with E-state index in [9.17, 15) is 13.2 Å². The van der Waals surface area contributed by atoms with Gasteiger partial charge < -0.3 is 16.0 Å². The third-order valence-electron chi connectivity index (χ3n) is 5.62. The number of anilines is 1. The molecule has 0 bridgehead atoms. The van der Waals surface area contributed by atoms with Gasteiger partial charge in [-0.2, -0.15) is 4.31 Å². The number of hydrogen-bond donors (Lipinski definition) is 2. The Kier molecular flexibility index (Phi) is 6.39. The van der Waals surface area contributed by atoms with Crippen molar-refractivity contribution in [3.05, 3.63) is 29.8 Å². The number of carbonyl (C=O) groups excluding carboxylic acids is 1. The number of hydrogen-bond acceptors (Lipinski definition) is 5.